The van der Waals surface area contributed by atoms with Gasteiger partial charge in [0.2, 0.25) is 5.91 Å². The molecule has 26 heavy (non-hydrogen) atoms. The van der Waals surface area contributed by atoms with Crippen LogP contribution in [-0.4, -0.2) is 18.3 Å². The predicted octanol–water partition coefficient (Wildman–Crippen LogP) is 4.84. The van der Waals surface area contributed by atoms with Crippen LogP contribution in [0.3, 0.4) is 0 Å². The van der Waals surface area contributed by atoms with E-state index in [9.17, 15) is 18.4 Å². The van der Waals surface area contributed by atoms with Crippen LogP contribution in [-0.2, 0) is 11.2 Å². The number of anilines is 1. The lowest BCUT2D eigenvalue weighted by molar-refractivity contribution is -0.116. The first-order chi connectivity index (χ1) is 12.5. The molecule has 0 unspecified atom stereocenters. The molecule has 0 saturated carbocycles. The normalized spacial score (nSPS) is 10.6. The van der Waals surface area contributed by atoms with Gasteiger partial charge in [0.05, 0.1) is 5.69 Å². The minimum atomic E-state index is -2.98. The summed E-state index contributed by atoms with van der Waals surface area (Å²) in [5.74, 6) is -0.694. The van der Waals surface area contributed by atoms with Crippen LogP contribution in [0, 0.1) is 0 Å². The zero-order valence-electron chi connectivity index (χ0n) is 14.5. The molecule has 0 fully saturated rings. The zero-order chi connectivity index (χ0) is 18.9. The van der Waals surface area contributed by atoms with Gasteiger partial charge in [-0.3, -0.25) is 9.59 Å². The van der Waals surface area contributed by atoms with Crippen LogP contribution in [0.2, 0.25) is 0 Å². The predicted molar refractivity (Wildman–Crippen MR) is 95.7 cm³/mol. The van der Waals surface area contributed by atoms with Crippen LogP contribution in [0.5, 0.6) is 5.75 Å². The molecule has 0 aliphatic rings. The van der Waals surface area contributed by atoms with Crippen LogP contribution in [0.15, 0.2) is 48.5 Å². The third-order valence-corrected chi connectivity index (χ3v) is 3.77. The maximum Gasteiger partial charge on any atom is 0.387 e. The first-order valence-electron chi connectivity index (χ1n) is 8.45. The van der Waals surface area contributed by atoms with Crippen LogP contribution in [0.25, 0.3) is 0 Å². The molecule has 138 valence electrons. The standard InChI is InChI=1S/C20H21F2NO3/c1-2-5-14-8-10-15(11-9-14)17(24)12-13-19(25)23-16-6-3-4-7-18(16)26-20(21)22/h3-4,6-11,20H,2,5,12-13H2,1H3,(H,23,25). The average molecular weight is 361 g/mol. The van der Waals surface area contributed by atoms with Gasteiger partial charge in [-0.05, 0) is 24.1 Å². The van der Waals surface area contributed by atoms with Gasteiger partial charge in [0.25, 0.3) is 0 Å². The summed E-state index contributed by atoms with van der Waals surface area (Å²) in [7, 11) is 0. The number of amides is 1. The van der Waals surface area contributed by atoms with Crippen LogP contribution < -0.4 is 10.1 Å². The van der Waals surface area contributed by atoms with Gasteiger partial charge in [-0.1, -0.05) is 49.7 Å². The number of benzene rings is 2. The third kappa shape index (κ3) is 5.95. The topological polar surface area (TPSA) is 55.4 Å². The number of carbonyl (C=O) groups is 2. The number of Topliss-reactive ketones (excluding diaryl/α,β-unsaturated/α-hetero) is 1. The fraction of sp³-hybridized carbons (Fsp3) is 0.300. The number of nitrogens with one attached hydrogen (secondary N) is 1. The first kappa shape index (κ1) is 19.6. The number of halogens is 2. The highest BCUT2D eigenvalue weighted by molar-refractivity contribution is 6.00. The highest BCUT2D eigenvalue weighted by Gasteiger charge is 2.13. The molecule has 4 nitrogen and oxygen atoms in total. The summed E-state index contributed by atoms with van der Waals surface area (Å²) in [4.78, 5) is 24.2. The maximum absolute atomic E-state index is 12.4. The quantitative estimate of drug-likeness (QED) is 0.650. The summed E-state index contributed by atoms with van der Waals surface area (Å²) >= 11 is 0. The van der Waals surface area contributed by atoms with Crippen molar-refractivity contribution in [2.75, 3.05) is 5.32 Å². The van der Waals surface area contributed by atoms with E-state index in [-0.39, 0.29) is 30.1 Å². The van der Waals surface area contributed by atoms with Gasteiger partial charge >= 0.3 is 6.61 Å². The van der Waals surface area contributed by atoms with Gasteiger partial charge in [0, 0.05) is 18.4 Å². The Bertz CT molecular complexity index is 745. The van der Waals surface area contributed by atoms with Crippen molar-refractivity contribution in [1.82, 2.24) is 0 Å². The number of rotatable bonds is 9. The summed E-state index contributed by atoms with van der Waals surface area (Å²) in [6.07, 6.45) is 1.98. The maximum atomic E-state index is 12.4. The molecule has 0 saturated heterocycles. The Balaban J connectivity index is 1.89. The van der Waals surface area contributed by atoms with E-state index in [0.717, 1.165) is 18.4 Å². The number of ketones is 1. The van der Waals surface area contributed by atoms with E-state index in [1.807, 2.05) is 12.1 Å². The molecule has 2 aromatic rings. The summed E-state index contributed by atoms with van der Waals surface area (Å²) in [6.45, 7) is -0.896. The minimum Gasteiger partial charge on any atom is -0.433 e. The van der Waals surface area contributed by atoms with Crippen molar-refractivity contribution < 1.29 is 23.1 Å². The van der Waals surface area contributed by atoms with E-state index in [1.165, 1.54) is 18.2 Å². The van der Waals surface area contributed by atoms with E-state index in [4.69, 9.17) is 0 Å². The molecule has 0 bridgehead atoms. The molecule has 0 aliphatic heterocycles. The SMILES string of the molecule is CCCc1ccc(C(=O)CCC(=O)Nc2ccccc2OC(F)F)cc1. The summed E-state index contributed by atoms with van der Waals surface area (Å²) in [5.41, 5.74) is 1.87. The number of alkyl halides is 2. The highest BCUT2D eigenvalue weighted by Crippen LogP contribution is 2.25. The monoisotopic (exact) mass is 361 g/mol. The molecule has 0 aliphatic carbocycles. The Labute approximate surface area is 151 Å². The second kappa shape index (κ2) is 9.65. The third-order valence-electron chi connectivity index (χ3n) is 3.77. The fourth-order valence-corrected chi connectivity index (χ4v) is 2.50. The molecule has 1 N–H and O–H groups in total. The Morgan fingerprint density at radius 2 is 1.73 bits per heavy atom. The van der Waals surface area contributed by atoms with Crippen LogP contribution in [0.1, 0.15) is 42.1 Å². The van der Waals surface area contributed by atoms with Gasteiger partial charge < -0.3 is 10.1 Å². The Morgan fingerprint density at radius 3 is 2.38 bits per heavy atom. The summed E-state index contributed by atoms with van der Waals surface area (Å²) in [5, 5.41) is 2.50. The first-order valence-corrected chi connectivity index (χ1v) is 8.45. The Kier molecular flexibility index (Phi) is 7.26. The summed E-state index contributed by atoms with van der Waals surface area (Å²) in [6, 6.07) is 13.3. The molecular weight excluding hydrogens is 340 g/mol. The number of hydrogen-bond donors (Lipinski definition) is 1. The van der Waals surface area contributed by atoms with Crippen LogP contribution >= 0.6 is 0 Å². The smallest absolute Gasteiger partial charge is 0.387 e. The lowest BCUT2D eigenvalue weighted by Gasteiger charge is -2.11. The van der Waals surface area contributed by atoms with Gasteiger partial charge in [0.15, 0.2) is 5.78 Å². The molecule has 0 atom stereocenters. The van der Waals surface area contributed by atoms with Crippen molar-refractivity contribution in [1.29, 1.82) is 0 Å². The molecule has 0 radical (unpaired) electrons. The molecule has 0 heterocycles. The molecular formula is C20H21F2NO3. The van der Waals surface area contributed by atoms with Crippen molar-refractivity contribution in [3.8, 4) is 5.75 Å². The molecule has 2 rings (SSSR count). The van der Waals surface area contributed by atoms with E-state index in [1.54, 1.807) is 18.2 Å². The van der Waals surface area contributed by atoms with Gasteiger partial charge in [-0.15, -0.1) is 0 Å². The number of carbonyl (C=O) groups excluding carboxylic acids is 2. The minimum absolute atomic E-state index is 0.0385. The molecule has 2 aromatic carbocycles. The van der Waals surface area contributed by atoms with E-state index in [2.05, 4.69) is 17.0 Å². The Morgan fingerprint density at radius 1 is 1.04 bits per heavy atom. The second-order valence-corrected chi connectivity index (χ2v) is 5.79. The number of para-hydroxylation sites is 2. The molecule has 6 heteroatoms. The van der Waals surface area contributed by atoms with Crippen molar-refractivity contribution in [2.45, 2.75) is 39.2 Å². The molecule has 0 aromatic heterocycles. The van der Waals surface area contributed by atoms with E-state index < -0.39 is 12.5 Å². The highest BCUT2D eigenvalue weighted by atomic mass is 19.3. The largest absolute Gasteiger partial charge is 0.433 e. The second-order valence-electron chi connectivity index (χ2n) is 5.79. The lowest BCUT2D eigenvalue weighted by atomic mass is 10.0. The molecule has 0 spiro atoms. The van der Waals surface area contributed by atoms with Crippen molar-refractivity contribution in [2.24, 2.45) is 0 Å². The lowest BCUT2D eigenvalue weighted by Crippen LogP contribution is -2.15. The van der Waals surface area contributed by atoms with Crippen molar-refractivity contribution in [3.05, 3.63) is 59.7 Å². The van der Waals surface area contributed by atoms with E-state index >= 15 is 0 Å². The van der Waals surface area contributed by atoms with Crippen LogP contribution in [0.4, 0.5) is 14.5 Å². The number of aryl methyl sites for hydroxylation is 1. The van der Waals surface area contributed by atoms with Crippen molar-refractivity contribution in [3.63, 3.8) is 0 Å². The van der Waals surface area contributed by atoms with Crippen molar-refractivity contribution >= 4 is 17.4 Å². The Hall–Kier alpha value is -2.76. The van der Waals surface area contributed by atoms with Gasteiger partial charge in [-0.25, -0.2) is 0 Å². The number of hydrogen-bond acceptors (Lipinski definition) is 3. The fourth-order valence-electron chi connectivity index (χ4n) is 2.50. The van der Waals surface area contributed by atoms with Gasteiger partial charge in [0.1, 0.15) is 5.75 Å². The number of ether oxygens (including phenoxy) is 1. The van der Waals surface area contributed by atoms with E-state index in [0.29, 0.717) is 5.56 Å². The zero-order valence-corrected chi connectivity index (χ0v) is 14.5. The summed E-state index contributed by atoms with van der Waals surface area (Å²) < 4.78 is 29.1. The van der Waals surface area contributed by atoms with Gasteiger partial charge in [-0.2, -0.15) is 8.78 Å². The molecule has 1 amide bonds. The average Bonchev–Trinajstić information content (AvgIpc) is 2.62.